The Kier molecular flexibility index (Phi) is 5.85. The minimum atomic E-state index is -1.03. The van der Waals surface area contributed by atoms with E-state index in [1.54, 1.807) is 13.8 Å². The minimum absolute atomic E-state index is 0.103. The number of hydrogen-bond acceptors (Lipinski definition) is 4. The average molecular weight is 243 g/mol. The highest BCUT2D eigenvalue weighted by Crippen LogP contribution is 2.19. The van der Waals surface area contributed by atoms with Crippen LogP contribution in [-0.2, 0) is 19.1 Å². The molecular formula is C12H21NO4. The first kappa shape index (κ1) is 15.6. The maximum atomic E-state index is 12.0. The summed E-state index contributed by atoms with van der Waals surface area (Å²) in [5.41, 5.74) is -1.03. The van der Waals surface area contributed by atoms with Crippen molar-refractivity contribution < 1.29 is 19.1 Å². The van der Waals surface area contributed by atoms with E-state index in [4.69, 9.17) is 4.74 Å². The number of rotatable bonds is 6. The number of hydrogen-bond donors (Lipinski definition) is 1. The number of amides is 1. The Morgan fingerprint density at radius 2 is 1.82 bits per heavy atom. The number of ketones is 1. The Morgan fingerprint density at radius 3 is 2.18 bits per heavy atom. The molecule has 0 aromatic heterocycles. The lowest BCUT2D eigenvalue weighted by atomic mass is 9.83. The van der Waals surface area contributed by atoms with E-state index < -0.39 is 11.5 Å². The van der Waals surface area contributed by atoms with Crippen LogP contribution in [0.15, 0.2) is 0 Å². The molecule has 0 aromatic carbocycles. The lowest BCUT2D eigenvalue weighted by Gasteiger charge is -2.32. The molecule has 0 radical (unpaired) electrons. The van der Waals surface area contributed by atoms with Crippen LogP contribution in [0.25, 0.3) is 0 Å². The Bertz CT molecular complexity index is 312. The van der Waals surface area contributed by atoms with Gasteiger partial charge in [0.2, 0.25) is 5.91 Å². The van der Waals surface area contributed by atoms with Gasteiger partial charge in [-0.25, -0.2) is 0 Å². The van der Waals surface area contributed by atoms with Gasteiger partial charge in [0.1, 0.15) is 6.42 Å². The fourth-order valence-corrected chi connectivity index (χ4v) is 1.43. The van der Waals surface area contributed by atoms with E-state index in [-0.39, 0.29) is 30.6 Å². The molecule has 5 nitrogen and oxygen atoms in total. The van der Waals surface area contributed by atoms with Crippen molar-refractivity contribution in [2.75, 3.05) is 6.61 Å². The highest BCUT2D eigenvalue weighted by Gasteiger charge is 2.38. The fourth-order valence-electron chi connectivity index (χ4n) is 1.43. The molecule has 1 N–H and O–H groups in total. The molecule has 98 valence electrons. The zero-order valence-electron chi connectivity index (χ0n) is 11.1. The van der Waals surface area contributed by atoms with Crippen LogP contribution in [0.5, 0.6) is 0 Å². The van der Waals surface area contributed by atoms with Crippen molar-refractivity contribution in [3.63, 3.8) is 0 Å². The second-order valence-corrected chi connectivity index (χ2v) is 4.44. The first-order valence-corrected chi connectivity index (χ1v) is 5.71. The van der Waals surface area contributed by atoms with Crippen molar-refractivity contribution in [1.82, 2.24) is 5.32 Å². The molecular weight excluding hydrogens is 222 g/mol. The Labute approximate surface area is 102 Å². The van der Waals surface area contributed by atoms with Crippen molar-refractivity contribution >= 4 is 17.7 Å². The summed E-state index contributed by atoms with van der Waals surface area (Å²) in [4.78, 5) is 34.4. The Balaban J connectivity index is 4.77. The Morgan fingerprint density at radius 1 is 1.29 bits per heavy atom. The van der Waals surface area contributed by atoms with Crippen LogP contribution < -0.4 is 5.32 Å². The molecule has 5 heteroatoms. The maximum Gasteiger partial charge on any atom is 0.313 e. The molecule has 0 heterocycles. The number of carbonyl (C=O) groups is 3. The highest BCUT2D eigenvalue weighted by molar-refractivity contribution is 6.02. The molecule has 17 heavy (non-hydrogen) atoms. The second kappa shape index (κ2) is 6.37. The van der Waals surface area contributed by atoms with Crippen LogP contribution in [0.4, 0.5) is 0 Å². The lowest BCUT2D eigenvalue weighted by molar-refractivity contribution is -0.148. The molecule has 0 saturated heterocycles. The molecule has 0 saturated carbocycles. The van der Waals surface area contributed by atoms with Gasteiger partial charge < -0.3 is 10.1 Å². The van der Waals surface area contributed by atoms with Crippen LogP contribution in [0.2, 0.25) is 0 Å². The molecule has 0 aliphatic carbocycles. The smallest absolute Gasteiger partial charge is 0.313 e. The molecule has 0 fully saturated rings. The topological polar surface area (TPSA) is 72.5 Å². The van der Waals surface area contributed by atoms with Crippen LogP contribution in [-0.4, -0.2) is 29.8 Å². The summed E-state index contributed by atoms with van der Waals surface area (Å²) < 4.78 is 4.72. The highest BCUT2D eigenvalue weighted by atomic mass is 16.5. The summed E-state index contributed by atoms with van der Waals surface area (Å²) in [6.07, 6.45) is -0.317. The molecule has 1 unspecified atom stereocenters. The van der Waals surface area contributed by atoms with Gasteiger partial charge in [-0.2, -0.15) is 0 Å². The largest absolute Gasteiger partial charge is 0.466 e. The van der Waals surface area contributed by atoms with E-state index in [9.17, 15) is 14.4 Å². The van der Waals surface area contributed by atoms with Gasteiger partial charge in [0.05, 0.1) is 12.1 Å². The molecule has 0 rings (SSSR count). The minimum Gasteiger partial charge on any atom is -0.466 e. The third-order valence-corrected chi connectivity index (χ3v) is 2.78. The van der Waals surface area contributed by atoms with E-state index in [1.165, 1.54) is 6.92 Å². The van der Waals surface area contributed by atoms with Crippen molar-refractivity contribution in [2.24, 2.45) is 5.92 Å². The van der Waals surface area contributed by atoms with Crippen LogP contribution in [0.3, 0.4) is 0 Å². The third kappa shape index (κ3) is 4.54. The van der Waals surface area contributed by atoms with E-state index >= 15 is 0 Å². The third-order valence-electron chi connectivity index (χ3n) is 2.78. The molecule has 1 atom stereocenters. The van der Waals surface area contributed by atoms with Crippen molar-refractivity contribution in [3.8, 4) is 0 Å². The number of carbonyl (C=O) groups excluding carboxylic acids is 3. The fraction of sp³-hybridized carbons (Fsp3) is 0.750. The van der Waals surface area contributed by atoms with Crippen LogP contribution >= 0.6 is 0 Å². The SMILES string of the molecule is CCOC(=O)CC(=O)C(C)(NC(C)=O)C(C)C. The summed E-state index contributed by atoms with van der Waals surface area (Å²) in [5, 5.41) is 2.61. The van der Waals surface area contributed by atoms with Gasteiger partial charge in [0.25, 0.3) is 0 Å². The van der Waals surface area contributed by atoms with Gasteiger partial charge in [0, 0.05) is 6.92 Å². The van der Waals surface area contributed by atoms with Gasteiger partial charge in [-0.15, -0.1) is 0 Å². The van der Waals surface area contributed by atoms with E-state index in [2.05, 4.69) is 5.32 Å². The lowest BCUT2D eigenvalue weighted by Crippen LogP contribution is -2.55. The zero-order chi connectivity index (χ0) is 13.6. The van der Waals surface area contributed by atoms with E-state index in [1.807, 2.05) is 13.8 Å². The summed E-state index contributed by atoms with van der Waals surface area (Å²) >= 11 is 0. The number of nitrogens with one attached hydrogen (secondary N) is 1. The first-order chi connectivity index (χ1) is 7.74. The van der Waals surface area contributed by atoms with Gasteiger partial charge in [-0.05, 0) is 19.8 Å². The summed E-state index contributed by atoms with van der Waals surface area (Å²) in [6.45, 7) is 8.53. The van der Waals surface area contributed by atoms with Crippen LogP contribution in [0, 0.1) is 5.92 Å². The first-order valence-electron chi connectivity index (χ1n) is 5.71. The number of esters is 1. The predicted molar refractivity (Wildman–Crippen MR) is 63.3 cm³/mol. The second-order valence-electron chi connectivity index (χ2n) is 4.44. The molecule has 0 aliphatic rings. The molecule has 0 aromatic rings. The van der Waals surface area contributed by atoms with Gasteiger partial charge >= 0.3 is 5.97 Å². The standard InChI is InChI=1S/C12H21NO4/c1-6-17-11(16)7-10(15)12(5,8(2)3)13-9(4)14/h8H,6-7H2,1-5H3,(H,13,14). The van der Waals surface area contributed by atoms with Crippen molar-refractivity contribution in [3.05, 3.63) is 0 Å². The quantitative estimate of drug-likeness (QED) is 0.559. The normalized spacial score (nSPS) is 14.0. The maximum absolute atomic E-state index is 12.0. The zero-order valence-corrected chi connectivity index (χ0v) is 11.1. The van der Waals surface area contributed by atoms with Gasteiger partial charge in [0.15, 0.2) is 5.78 Å². The number of ether oxygens (including phenoxy) is 1. The molecule has 1 amide bonds. The summed E-state index contributed by atoms with van der Waals surface area (Å²) in [7, 11) is 0. The predicted octanol–water partition coefficient (Wildman–Crippen LogP) is 1.06. The monoisotopic (exact) mass is 243 g/mol. The number of Topliss-reactive ketones (excluding diaryl/α,β-unsaturated/α-hetero) is 1. The molecule has 0 spiro atoms. The molecule has 0 aliphatic heterocycles. The van der Waals surface area contributed by atoms with E-state index in [0.717, 1.165) is 0 Å². The molecule has 0 bridgehead atoms. The summed E-state index contributed by atoms with van der Waals surface area (Å²) in [5.74, 6) is -1.29. The van der Waals surface area contributed by atoms with Gasteiger partial charge in [-0.1, -0.05) is 13.8 Å². The summed E-state index contributed by atoms with van der Waals surface area (Å²) in [6, 6.07) is 0. The van der Waals surface area contributed by atoms with E-state index in [0.29, 0.717) is 0 Å². The Hall–Kier alpha value is -1.39. The van der Waals surface area contributed by atoms with Crippen molar-refractivity contribution in [1.29, 1.82) is 0 Å². The average Bonchev–Trinajstić information content (AvgIpc) is 2.16. The van der Waals surface area contributed by atoms with Crippen LogP contribution in [0.1, 0.15) is 41.0 Å². The van der Waals surface area contributed by atoms with Gasteiger partial charge in [-0.3, -0.25) is 14.4 Å². The van der Waals surface area contributed by atoms with Crippen molar-refractivity contribution in [2.45, 2.75) is 46.6 Å².